The van der Waals surface area contributed by atoms with Crippen molar-refractivity contribution in [3.8, 4) is 5.75 Å². The Balaban J connectivity index is 1.58. The molecule has 3 rings (SSSR count). The minimum Gasteiger partial charge on any atom is -0.508 e. The molecule has 0 radical (unpaired) electrons. The Labute approximate surface area is 114 Å². The largest absolute Gasteiger partial charge is 0.508 e. The number of aromatic hydroxyl groups is 1. The monoisotopic (exact) mass is 253 g/mol. The van der Waals surface area contributed by atoms with E-state index >= 15 is 0 Å². The first-order chi connectivity index (χ1) is 9.20. The number of phenols is 1. The Morgan fingerprint density at radius 3 is 2.58 bits per heavy atom. The molecule has 2 aromatic rings. The summed E-state index contributed by atoms with van der Waals surface area (Å²) in [4.78, 5) is 0. The lowest BCUT2D eigenvalue weighted by Gasteiger charge is -2.37. The van der Waals surface area contributed by atoms with Crippen molar-refractivity contribution in [2.45, 2.75) is 31.7 Å². The first-order valence-corrected chi connectivity index (χ1v) is 6.83. The summed E-state index contributed by atoms with van der Waals surface area (Å²) in [6.07, 6.45) is 2.33. The standard InChI is InChI=1S/C17H19NO/c1-12-4-2-5-13(8-12)14-9-16(10-14)18-15-6-3-7-17(19)11-15/h2-8,11,14,16,18-19H,9-10H2,1H3. The molecule has 98 valence electrons. The molecule has 1 aliphatic rings. The summed E-state index contributed by atoms with van der Waals surface area (Å²) < 4.78 is 0. The molecule has 2 aromatic carbocycles. The van der Waals surface area contributed by atoms with Crippen molar-refractivity contribution in [2.24, 2.45) is 0 Å². The zero-order valence-corrected chi connectivity index (χ0v) is 11.1. The molecule has 2 heteroatoms. The minimum atomic E-state index is 0.319. The van der Waals surface area contributed by atoms with Gasteiger partial charge in [0, 0.05) is 17.8 Å². The summed E-state index contributed by atoms with van der Waals surface area (Å²) in [5.74, 6) is 0.995. The van der Waals surface area contributed by atoms with Crippen LogP contribution in [0.15, 0.2) is 48.5 Å². The number of nitrogens with one attached hydrogen (secondary N) is 1. The molecule has 2 nitrogen and oxygen atoms in total. The van der Waals surface area contributed by atoms with Gasteiger partial charge in [0.2, 0.25) is 0 Å². The van der Waals surface area contributed by atoms with Crippen molar-refractivity contribution in [1.82, 2.24) is 0 Å². The Hall–Kier alpha value is -1.96. The lowest BCUT2D eigenvalue weighted by molar-refractivity contribution is 0.374. The van der Waals surface area contributed by atoms with Crippen LogP contribution < -0.4 is 5.32 Å². The van der Waals surface area contributed by atoms with Crippen LogP contribution in [0.5, 0.6) is 5.75 Å². The fourth-order valence-corrected chi connectivity index (χ4v) is 2.76. The Bertz CT molecular complexity index is 573. The summed E-state index contributed by atoms with van der Waals surface area (Å²) >= 11 is 0. The van der Waals surface area contributed by atoms with Crippen LogP contribution in [0, 0.1) is 6.92 Å². The normalized spacial score (nSPS) is 21.7. The van der Waals surface area contributed by atoms with Gasteiger partial charge < -0.3 is 10.4 Å². The lowest BCUT2D eigenvalue weighted by Crippen LogP contribution is -2.33. The second kappa shape index (κ2) is 4.96. The average Bonchev–Trinajstić information content (AvgIpc) is 2.33. The second-order valence-corrected chi connectivity index (χ2v) is 5.47. The summed E-state index contributed by atoms with van der Waals surface area (Å²) in [6, 6.07) is 16.7. The quantitative estimate of drug-likeness (QED) is 0.864. The highest BCUT2D eigenvalue weighted by Crippen LogP contribution is 2.38. The molecule has 0 aliphatic heterocycles. The van der Waals surface area contributed by atoms with E-state index in [0.29, 0.717) is 17.7 Å². The number of anilines is 1. The van der Waals surface area contributed by atoms with Gasteiger partial charge in [-0.25, -0.2) is 0 Å². The third-order valence-corrected chi connectivity index (χ3v) is 3.87. The first kappa shape index (κ1) is 12.1. The zero-order valence-electron chi connectivity index (χ0n) is 11.1. The smallest absolute Gasteiger partial charge is 0.117 e. The van der Waals surface area contributed by atoms with E-state index in [9.17, 15) is 5.11 Å². The van der Waals surface area contributed by atoms with Crippen LogP contribution in [0.4, 0.5) is 5.69 Å². The highest BCUT2D eigenvalue weighted by atomic mass is 16.3. The SMILES string of the molecule is Cc1cccc(C2CC(Nc3cccc(O)c3)C2)c1. The summed E-state index contributed by atoms with van der Waals surface area (Å²) in [6.45, 7) is 2.14. The van der Waals surface area contributed by atoms with Crippen molar-refractivity contribution in [3.63, 3.8) is 0 Å². The molecular formula is C17H19NO. The van der Waals surface area contributed by atoms with E-state index in [1.807, 2.05) is 12.1 Å². The van der Waals surface area contributed by atoms with E-state index in [1.165, 1.54) is 24.0 Å². The highest BCUT2D eigenvalue weighted by Gasteiger charge is 2.30. The summed E-state index contributed by atoms with van der Waals surface area (Å²) in [5.41, 5.74) is 3.79. The molecule has 0 aromatic heterocycles. The van der Waals surface area contributed by atoms with E-state index in [2.05, 4.69) is 36.5 Å². The number of phenolic OH excluding ortho intramolecular Hbond substituents is 1. The van der Waals surface area contributed by atoms with Crippen LogP contribution in [-0.2, 0) is 0 Å². The van der Waals surface area contributed by atoms with E-state index < -0.39 is 0 Å². The van der Waals surface area contributed by atoms with Gasteiger partial charge in [-0.05, 0) is 43.4 Å². The molecular weight excluding hydrogens is 234 g/mol. The molecule has 0 bridgehead atoms. The second-order valence-electron chi connectivity index (χ2n) is 5.47. The summed E-state index contributed by atoms with van der Waals surface area (Å²) in [7, 11) is 0. The van der Waals surface area contributed by atoms with Crippen LogP contribution in [-0.4, -0.2) is 11.1 Å². The van der Waals surface area contributed by atoms with Crippen LogP contribution in [0.1, 0.15) is 29.9 Å². The van der Waals surface area contributed by atoms with Crippen molar-refractivity contribution in [1.29, 1.82) is 0 Å². The van der Waals surface area contributed by atoms with Crippen LogP contribution >= 0.6 is 0 Å². The number of rotatable bonds is 3. The fourth-order valence-electron chi connectivity index (χ4n) is 2.76. The Morgan fingerprint density at radius 2 is 1.84 bits per heavy atom. The van der Waals surface area contributed by atoms with Gasteiger partial charge in [-0.3, -0.25) is 0 Å². The maximum Gasteiger partial charge on any atom is 0.117 e. The molecule has 1 fully saturated rings. The van der Waals surface area contributed by atoms with Crippen LogP contribution in [0.25, 0.3) is 0 Å². The maximum atomic E-state index is 9.44. The number of hydrogen-bond acceptors (Lipinski definition) is 2. The van der Waals surface area contributed by atoms with Crippen molar-refractivity contribution in [2.75, 3.05) is 5.32 Å². The molecule has 1 aliphatic carbocycles. The van der Waals surface area contributed by atoms with Gasteiger partial charge in [0.05, 0.1) is 0 Å². The molecule has 0 saturated heterocycles. The third kappa shape index (κ3) is 2.73. The van der Waals surface area contributed by atoms with Gasteiger partial charge in [-0.15, -0.1) is 0 Å². The van der Waals surface area contributed by atoms with Crippen molar-refractivity contribution >= 4 is 5.69 Å². The number of benzene rings is 2. The molecule has 0 atom stereocenters. The maximum absolute atomic E-state index is 9.44. The topological polar surface area (TPSA) is 32.3 Å². The molecule has 0 spiro atoms. The van der Waals surface area contributed by atoms with Gasteiger partial charge in [0.25, 0.3) is 0 Å². The van der Waals surface area contributed by atoms with Gasteiger partial charge >= 0.3 is 0 Å². The molecule has 0 unspecified atom stereocenters. The minimum absolute atomic E-state index is 0.319. The van der Waals surface area contributed by atoms with Gasteiger partial charge in [-0.1, -0.05) is 35.9 Å². The van der Waals surface area contributed by atoms with Crippen molar-refractivity contribution in [3.05, 3.63) is 59.7 Å². The van der Waals surface area contributed by atoms with Gasteiger partial charge in [0.1, 0.15) is 5.75 Å². The van der Waals surface area contributed by atoms with Crippen LogP contribution in [0.2, 0.25) is 0 Å². The predicted octanol–water partition coefficient (Wildman–Crippen LogP) is 4.06. The van der Waals surface area contributed by atoms with Crippen LogP contribution in [0.3, 0.4) is 0 Å². The van der Waals surface area contributed by atoms with E-state index in [4.69, 9.17) is 0 Å². The van der Waals surface area contributed by atoms with E-state index in [0.717, 1.165) is 5.69 Å². The van der Waals surface area contributed by atoms with Crippen molar-refractivity contribution < 1.29 is 5.11 Å². The predicted molar refractivity (Wildman–Crippen MR) is 78.7 cm³/mol. The third-order valence-electron chi connectivity index (χ3n) is 3.87. The Kier molecular flexibility index (Phi) is 3.16. The lowest BCUT2D eigenvalue weighted by atomic mass is 9.75. The van der Waals surface area contributed by atoms with E-state index in [1.54, 1.807) is 12.1 Å². The van der Waals surface area contributed by atoms with Gasteiger partial charge in [0.15, 0.2) is 0 Å². The molecule has 2 N–H and O–H groups in total. The van der Waals surface area contributed by atoms with E-state index in [-0.39, 0.29) is 0 Å². The first-order valence-electron chi connectivity index (χ1n) is 6.83. The zero-order chi connectivity index (χ0) is 13.2. The molecule has 0 heterocycles. The Morgan fingerprint density at radius 1 is 1.05 bits per heavy atom. The summed E-state index contributed by atoms with van der Waals surface area (Å²) in [5, 5.41) is 12.9. The van der Waals surface area contributed by atoms with Gasteiger partial charge in [-0.2, -0.15) is 0 Å². The molecule has 19 heavy (non-hydrogen) atoms. The number of aryl methyl sites for hydroxylation is 1. The highest BCUT2D eigenvalue weighted by molar-refractivity contribution is 5.49. The number of hydrogen-bond donors (Lipinski definition) is 2. The average molecular weight is 253 g/mol. The fraction of sp³-hybridized carbons (Fsp3) is 0.294. The molecule has 0 amide bonds. The molecule has 1 saturated carbocycles.